The molecule has 0 bridgehead atoms. The van der Waals surface area contributed by atoms with Crippen LogP contribution in [0.4, 0.5) is 0 Å². The Bertz CT molecular complexity index is 438. The van der Waals surface area contributed by atoms with Crippen LogP contribution in [-0.4, -0.2) is 38.1 Å². The minimum Gasteiger partial charge on any atom is -0.497 e. The molecule has 0 aliphatic rings. The van der Waals surface area contributed by atoms with Crippen LogP contribution in [0.2, 0.25) is 0 Å². The van der Waals surface area contributed by atoms with Gasteiger partial charge in [-0.05, 0) is 24.7 Å². The van der Waals surface area contributed by atoms with Crippen LogP contribution in [0.3, 0.4) is 0 Å². The normalized spacial score (nSPS) is 9.89. The molecule has 18 heavy (non-hydrogen) atoms. The van der Waals surface area contributed by atoms with Crippen molar-refractivity contribution < 1.29 is 9.53 Å². The molecule has 0 aliphatic heterocycles. The summed E-state index contributed by atoms with van der Waals surface area (Å²) < 4.78 is 5.15. The van der Waals surface area contributed by atoms with Gasteiger partial charge < -0.3 is 10.1 Å². The van der Waals surface area contributed by atoms with Gasteiger partial charge >= 0.3 is 0 Å². The molecule has 4 heteroatoms. The van der Waals surface area contributed by atoms with Crippen LogP contribution in [0.25, 0.3) is 0 Å². The van der Waals surface area contributed by atoms with Gasteiger partial charge in [0.1, 0.15) is 5.75 Å². The van der Waals surface area contributed by atoms with E-state index in [0.717, 1.165) is 11.3 Å². The van der Waals surface area contributed by atoms with Crippen LogP contribution >= 0.6 is 0 Å². The zero-order valence-corrected chi connectivity index (χ0v) is 10.8. The van der Waals surface area contributed by atoms with E-state index >= 15 is 0 Å². The lowest BCUT2D eigenvalue weighted by Crippen LogP contribution is -2.34. The summed E-state index contributed by atoms with van der Waals surface area (Å²) in [5.41, 5.74) is 1.10. The fraction of sp³-hybridized carbons (Fsp3) is 0.357. The van der Waals surface area contributed by atoms with E-state index in [2.05, 4.69) is 11.2 Å². The molecule has 1 rings (SSSR count). The van der Waals surface area contributed by atoms with Crippen molar-refractivity contribution in [2.45, 2.75) is 6.54 Å². The van der Waals surface area contributed by atoms with Crippen molar-refractivity contribution in [3.05, 3.63) is 29.8 Å². The lowest BCUT2D eigenvalue weighted by Gasteiger charge is -2.16. The average Bonchev–Trinajstić information content (AvgIpc) is 2.36. The van der Waals surface area contributed by atoms with Gasteiger partial charge in [-0.25, -0.2) is 0 Å². The molecule has 0 unspecified atom stereocenters. The highest BCUT2D eigenvalue weighted by atomic mass is 16.5. The van der Waals surface area contributed by atoms with Crippen molar-refractivity contribution >= 4 is 5.91 Å². The minimum atomic E-state index is -0.0710. The molecule has 0 aromatic heterocycles. The van der Waals surface area contributed by atoms with Crippen LogP contribution in [0.15, 0.2) is 24.3 Å². The van der Waals surface area contributed by atoms with Gasteiger partial charge in [0.15, 0.2) is 0 Å². The van der Waals surface area contributed by atoms with Gasteiger partial charge in [0.05, 0.1) is 20.2 Å². The average molecular weight is 246 g/mol. The molecule has 0 spiro atoms. The maximum absolute atomic E-state index is 11.5. The fourth-order valence-electron chi connectivity index (χ4n) is 1.59. The summed E-state index contributed by atoms with van der Waals surface area (Å²) in [6.07, 6.45) is 5.07. The first kappa shape index (κ1) is 14.1. The summed E-state index contributed by atoms with van der Waals surface area (Å²) in [6.45, 7) is 1.27. The Labute approximate surface area is 108 Å². The van der Waals surface area contributed by atoms with E-state index in [1.807, 2.05) is 36.2 Å². The molecule has 1 aromatic rings. The Morgan fingerprint density at radius 1 is 1.56 bits per heavy atom. The van der Waals surface area contributed by atoms with Crippen molar-refractivity contribution in [2.75, 3.05) is 27.2 Å². The molecular formula is C14H18N2O2. The molecule has 0 aliphatic carbocycles. The Balaban J connectivity index is 2.46. The number of hydrogen-bond donors (Lipinski definition) is 1. The number of hydrogen-bond acceptors (Lipinski definition) is 3. The largest absolute Gasteiger partial charge is 0.497 e. The van der Waals surface area contributed by atoms with Crippen molar-refractivity contribution in [2.24, 2.45) is 0 Å². The van der Waals surface area contributed by atoms with Gasteiger partial charge in [-0.2, -0.15) is 0 Å². The second-order valence-corrected chi connectivity index (χ2v) is 4.00. The van der Waals surface area contributed by atoms with Gasteiger partial charge in [0, 0.05) is 6.54 Å². The zero-order chi connectivity index (χ0) is 13.4. The number of ether oxygens (including phenoxy) is 1. The third-order valence-electron chi connectivity index (χ3n) is 2.39. The number of methoxy groups -OCH3 is 1. The van der Waals surface area contributed by atoms with Crippen LogP contribution in [0.5, 0.6) is 5.75 Å². The second-order valence-electron chi connectivity index (χ2n) is 4.00. The van der Waals surface area contributed by atoms with E-state index in [-0.39, 0.29) is 12.5 Å². The summed E-state index contributed by atoms with van der Waals surface area (Å²) in [7, 11) is 3.52. The van der Waals surface area contributed by atoms with Crippen molar-refractivity contribution in [1.29, 1.82) is 0 Å². The molecule has 0 radical (unpaired) electrons. The number of likely N-dealkylation sites (N-methyl/N-ethyl adjacent to an activating group) is 1. The summed E-state index contributed by atoms with van der Waals surface area (Å²) in [5.74, 6) is 3.12. The van der Waals surface area contributed by atoms with Gasteiger partial charge in [-0.15, -0.1) is 6.42 Å². The van der Waals surface area contributed by atoms with Crippen molar-refractivity contribution in [3.8, 4) is 18.1 Å². The maximum atomic E-state index is 11.5. The van der Waals surface area contributed by atoms with Crippen LogP contribution in [0, 0.1) is 12.3 Å². The quantitative estimate of drug-likeness (QED) is 0.758. The number of nitrogens with zero attached hydrogens (tertiary/aromatic N) is 1. The van der Waals surface area contributed by atoms with Crippen LogP contribution in [-0.2, 0) is 11.3 Å². The Kier molecular flexibility index (Phi) is 5.75. The van der Waals surface area contributed by atoms with E-state index in [1.54, 1.807) is 7.11 Å². The van der Waals surface area contributed by atoms with E-state index in [0.29, 0.717) is 13.1 Å². The summed E-state index contributed by atoms with van der Waals surface area (Å²) >= 11 is 0. The van der Waals surface area contributed by atoms with Gasteiger partial charge in [0.25, 0.3) is 0 Å². The molecule has 1 amide bonds. The number of nitrogens with one attached hydrogen (secondary N) is 1. The third kappa shape index (κ3) is 4.89. The molecule has 0 heterocycles. The fourth-order valence-corrected chi connectivity index (χ4v) is 1.59. The minimum absolute atomic E-state index is 0.0710. The number of carbonyl (C=O) groups is 1. The molecule has 1 aromatic carbocycles. The first-order valence-corrected chi connectivity index (χ1v) is 5.67. The Morgan fingerprint density at radius 3 is 3.00 bits per heavy atom. The standard InChI is InChI=1S/C14H18N2O2/c1-4-8-15-14(17)11-16(2)10-12-6-5-7-13(9-12)18-3/h1,5-7,9H,8,10-11H2,2-3H3,(H,15,17). The van der Waals surface area contributed by atoms with E-state index in [4.69, 9.17) is 11.2 Å². The van der Waals surface area contributed by atoms with Gasteiger partial charge in [-0.3, -0.25) is 9.69 Å². The maximum Gasteiger partial charge on any atom is 0.234 e. The van der Waals surface area contributed by atoms with E-state index < -0.39 is 0 Å². The molecule has 1 N–H and O–H groups in total. The monoisotopic (exact) mass is 246 g/mol. The zero-order valence-electron chi connectivity index (χ0n) is 10.8. The van der Waals surface area contributed by atoms with Crippen LogP contribution < -0.4 is 10.1 Å². The van der Waals surface area contributed by atoms with E-state index in [1.165, 1.54) is 0 Å². The number of rotatable bonds is 6. The van der Waals surface area contributed by atoms with Crippen molar-refractivity contribution in [1.82, 2.24) is 10.2 Å². The molecule has 0 saturated heterocycles. The van der Waals surface area contributed by atoms with Gasteiger partial charge in [-0.1, -0.05) is 18.1 Å². The molecule has 96 valence electrons. The lowest BCUT2D eigenvalue weighted by molar-refractivity contribution is -0.121. The summed E-state index contributed by atoms with van der Waals surface area (Å²) in [4.78, 5) is 13.4. The van der Waals surface area contributed by atoms with Crippen molar-refractivity contribution in [3.63, 3.8) is 0 Å². The molecule has 0 fully saturated rings. The lowest BCUT2D eigenvalue weighted by atomic mass is 10.2. The molecule has 4 nitrogen and oxygen atoms in total. The highest BCUT2D eigenvalue weighted by molar-refractivity contribution is 5.78. The Morgan fingerprint density at radius 2 is 2.33 bits per heavy atom. The summed E-state index contributed by atoms with van der Waals surface area (Å²) in [6, 6.07) is 7.78. The number of amides is 1. The predicted molar refractivity (Wildman–Crippen MR) is 71.2 cm³/mol. The van der Waals surface area contributed by atoms with Crippen LogP contribution in [0.1, 0.15) is 5.56 Å². The van der Waals surface area contributed by atoms with Gasteiger partial charge in [0.2, 0.25) is 5.91 Å². The molecular weight excluding hydrogens is 228 g/mol. The number of terminal acetylenes is 1. The topological polar surface area (TPSA) is 41.6 Å². The first-order valence-electron chi connectivity index (χ1n) is 5.67. The highest BCUT2D eigenvalue weighted by Gasteiger charge is 2.06. The van der Waals surface area contributed by atoms with E-state index in [9.17, 15) is 4.79 Å². The smallest absolute Gasteiger partial charge is 0.234 e. The first-order chi connectivity index (χ1) is 8.65. The number of benzene rings is 1. The molecule has 0 saturated carbocycles. The second kappa shape index (κ2) is 7.36. The molecule has 0 atom stereocenters. The SMILES string of the molecule is C#CCNC(=O)CN(C)Cc1cccc(OC)c1. The Hall–Kier alpha value is -1.99. The summed E-state index contributed by atoms with van der Waals surface area (Å²) in [5, 5.41) is 2.63. The third-order valence-corrected chi connectivity index (χ3v) is 2.39. The number of carbonyl (C=O) groups excluding carboxylic acids is 1. The highest BCUT2D eigenvalue weighted by Crippen LogP contribution is 2.13. The predicted octanol–water partition coefficient (Wildman–Crippen LogP) is 0.876.